The van der Waals surface area contributed by atoms with E-state index in [1.807, 2.05) is 27.8 Å². The Morgan fingerprint density at radius 2 is 1.91 bits per heavy atom. The minimum absolute atomic E-state index is 0.0814. The third kappa shape index (κ3) is 5.32. The number of methoxy groups -OCH3 is 1. The summed E-state index contributed by atoms with van der Waals surface area (Å²) in [5.41, 5.74) is 3.50. The van der Waals surface area contributed by atoms with Gasteiger partial charge in [0.2, 0.25) is 5.91 Å². The Kier molecular flexibility index (Phi) is 6.89. The number of ether oxygens (including phenoxy) is 1. The van der Waals surface area contributed by atoms with Crippen LogP contribution in [0.3, 0.4) is 0 Å². The van der Waals surface area contributed by atoms with Crippen LogP contribution in [-0.2, 0) is 27.3 Å². The van der Waals surface area contributed by atoms with Crippen LogP contribution in [-0.4, -0.2) is 41.5 Å². The van der Waals surface area contributed by atoms with Gasteiger partial charge in [-0.25, -0.2) is 4.79 Å². The van der Waals surface area contributed by atoms with Crippen molar-refractivity contribution >= 4 is 28.9 Å². The van der Waals surface area contributed by atoms with E-state index in [1.165, 1.54) is 18.7 Å². The van der Waals surface area contributed by atoms with Crippen LogP contribution < -0.4 is 0 Å². The molecule has 33 heavy (non-hydrogen) atoms. The van der Waals surface area contributed by atoms with Crippen molar-refractivity contribution < 1.29 is 14.3 Å². The van der Waals surface area contributed by atoms with Crippen LogP contribution in [0.5, 0.6) is 0 Å². The first-order chi connectivity index (χ1) is 16.1. The summed E-state index contributed by atoms with van der Waals surface area (Å²) in [6.07, 6.45) is 7.92. The fraction of sp³-hybridized carbons (Fsp3) is 0.296. The molecule has 1 aliphatic rings. The molecule has 1 fully saturated rings. The molecule has 0 unspecified atom stereocenters. The highest BCUT2D eigenvalue weighted by Crippen LogP contribution is 2.26. The number of rotatable bonds is 6. The average molecular weight is 442 g/mol. The lowest BCUT2D eigenvalue weighted by Gasteiger charge is -2.32. The normalized spacial score (nSPS) is 14.5. The largest absolute Gasteiger partial charge is 0.466 e. The van der Waals surface area contributed by atoms with Crippen LogP contribution in [0.2, 0.25) is 0 Å². The minimum Gasteiger partial charge on any atom is -0.466 e. The third-order valence-corrected chi connectivity index (χ3v) is 6.28. The van der Waals surface area contributed by atoms with E-state index in [-0.39, 0.29) is 12.5 Å². The Morgan fingerprint density at radius 3 is 2.61 bits per heavy atom. The molecule has 1 aliphatic heterocycles. The predicted molar refractivity (Wildman–Crippen MR) is 127 cm³/mol. The molecule has 2 heterocycles. The number of aromatic nitrogens is 1. The van der Waals surface area contributed by atoms with E-state index in [1.54, 1.807) is 18.2 Å². The van der Waals surface area contributed by atoms with Gasteiger partial charge in [-0.05, 0) is 55.0 Å². The average Bonchev–Trinajstić information content (AvgIpc) is 3.19. The smallest absolute Gasteiger partial charge is 0.330 e. The summed E-state index contributed by atoms with van der Waals surface area (Å²) in [6, 6.07) is 18.0. The molecule has 6 nitrogen and oxygen atoms in total. The van der Waals surface area contributed by atoms with Crippen LogP contribution in [0.1, 0.15) is 29.5 Å². The first-order valence-electron chi connectivity index (χ1n) is 11.2. The predicted octanol–water partition coefficient (Wildman–Crippen LogP) is 4.18. The van der Waals surface area contributed by atoms with Crippen molar-refractivity contribution in [2.75, 3.05) is 20.2 Å². The van der Waals surface area contributed by atoms with Crippen LogP contribution in [0.4, 0.5) is 0 Å². The van der Waals surface area contributed by atoms with Gasteiger partial charge >= 0.3 is 5.97 Å². The Labute approximate surface area is 193 Å². The van der Waals surface area contributed by atoms with Crippen molar-refractivity contribution in [1.82, 2.24) is 9.47 Å². The molecule has 0 N–H and O–H groups in total. The maximum atomic E-state index is 13.1. The summed E-state index contributed by atoms with van der Waals surface area (Å²) < 4.78 is 6.57. The van der Waals surface area contributed by atoms with Gasteiger partial charge in [0.15, 0.2) is 0 Å². The number of likely N-dealkylation sites (tertiary alicyclic amines) is 1. The lowest BCUT2D eigenvalue weighted by Crippen LogP contribution is -2.40. The number of hydrogen-bond donors (Lipinski definition) is 0. The number of nitrogens with zero attached hydrogens (tertiary/aromatic N) is 3. The van der Waals surface area contributed by atoms with Crippen molar-refractivity contribution in [1.29, 1.82) is 5.26 Å². The van der Waals surface area contributed by atoms with E-state index in [2.05, 4.69) is 35.1 Å². The van der Waals surface area contributed by atoms with Crippen molar-refractivity contribution in [2.45, 2.75) is 25.8 Å². The molecule has 0 saturated carbocycles. The number of carbonyl (C=O) groups excluding carboxylic acids is 2. The number of fused-ring (bicyclic) bond motifs is 1. The zero-order valence-corrected chi connectivity index (χ0v) is 18.7. The zero-order valence-electron chi connectivity index (χ0n) is 18.7. The van der Waals surface area contributed by atoms with Gasteiger partial charge in [0, 0.05) is 41.8 Å². The Balaban J connectivity index is 1.46. The van der Waals surface area contributed by atoms with Gasteiger partial charge in [0.25, 0.3) is 0 Å². The lowest BCUT2D eigenvalue weighted by atomic mass is 9.90. The van der Waals surface area contributed by atoms with Crippen molar-refractivity contribution in [2.24, 2.45) is 5.92 Å². The Bertz CT molecular complexity index is 1210. The van der Waals surface area contributed by atoms with Gasteiger partial charge in [-0.3, -0.25) is 4.79 Å². The van der Waals surface area contributed by atoms with Crippen LogP contribution in [0, 0.1) is 17.2 Å². The highest BCUT2D eigenvalue weighted by Gasteiger charge is 2.23. The third-order valence-electron chi connectivity index (χ3n) is 6.28. The highest BCUT2D eigenvalue weighted by molar-refractivity contribution is 5.95. The lowest BCUT2D eigenvalue weighted by molar-refractivity contribution is -0.135. The van der Waals surface area contributed by atoms with Crippen molar-refractivity contribution in [3.8, 4) is 6.07 Å². The van der Waals surface area contributed by atoms with Crippen molar-refractivity contribution in [3.05, 3.63) is 77.5 Å². The fourth-order valence-electron chi connectivity index (χ4n) is 4.46. The van der Waals surface area contributed by atoms with Gasteiger partial charge in [0.1, 0.15) is 6.54 Å². The van der Waals surface area contributed by atoms with Crippen molar-refractivity contribution in [3.63, 3.8) is 0 Å². The molecule has 0 atom stereocenters. The van der Waals surface area contributed by atoms with Gasteiger partial charge in [-0.2, -0.15) is 5.26 Å². The monoisotopic (exact) mass is 441 g/mol. The van der Waals surface area contributed by atoms with E-state index in [0.29, 0.717) is 11.5 Å². The summed E-state index contributed by atoms with van der Waals surface area (Å²) in [7, 11) is 1.32. The minimum atomic E-state index is -0.457. The molecule has 1 saturated heterocycles. The summed E-state index contributed by atoms with van der Waals surface area (Å²) in [6.45, 7) is 1.75. The molecular weight excluding hydrogens is 414 g/mol. The van der Waals surface area contributed by atoms with Gasteiger partial charge in [-0.15, -0.1) is 0 Å². The summed E-state index contributed by atoms with van der Waals surface area (Å²) in [5.74, 6) is 0.225. The number of nitriles is 1. The van der Waals surface area contributed by atoms with E-state index in [4.69, 9.17) is 0 Å². The molecule has 3 aromatic rings. The Hall–Kier alpha value is -3.85. The van der Waals surface area contributed by atoms with E-state index in [0.717, 1.165) is 48.8 Å². The second kappa shape index (κ2) is 10.2. The number of amides is 1. The van der Waals surface area contributed by atoms with Crippen LogP contribution in [0.25, 0.3) is 17.0 Å². The van der Waals surface area contributed by atoms with Gasteiger partial charge in [-0.1, -0.05) is 30.3 Å². The molecule has 0 radical (unpaired) electrons. The molecular formula is C27H27N3O3. The van der Waals surface area contributed by atoms with Gasteiger partial charge in [0.05, 0.1) is 18.7 Å². The summed E-state index contributed by atoms with van der Waals surface area (Å²) >= 11 is 0. The number of piperidine rings is 1. The number of benzene rings is 2. The SMILES string of the molecule is COC(=O)/C=C/c1cn(CC(=O)N2CCC(Cc3ccccc3)CC2)c2ccc(C#N)cc12. The zero-order chi connectivity index (χ0) is 23.2. The van der Waals surface area contributed by atoms with E-state index >= 15 is 0 Å². The molecule has 4 rings (SSSR count). The second-order valence-corrected chi connectivity index (χ2v) is 8.43. The summed E-state index contributed by atoms with van der Waals surface area (Å²) in [4.78, 5) is 26.6. The second-order valence-electron chi connectivity index (χ2n) is 8.43. The molecule has 6 heteroatoms. The first-order valence-corrected chi connectivity index (χ1v) is 11.2. The Morgan fingerprint density at radius 1 is 1.15 bits per heavy atom. The number of hydrogen-bond acceptors (Lipinski definition) is 4. The van der Waals surface area contributed by atoms with E-state index in [9.17, 15) is 14.9 Å². The quantitative estimate of drug-likeness (QED) is 0.425. The van der Waals surface area contributed by atoms with Gasteiger partial charge < -0.3 is 14.2 Å². The molecule has 0 spiro atoms. The number of esters is 1. The topological polar surface area (TPSA) is 75.3 Å². The van der Waals surface area contributed by atoms with E-state index < -0.39 is 5.97 Å². The van der Waals surface area contributed by atoms with Crippen LogP contribution >= 0.6 is 0 Å². The first kappa shape index (κ1) is 22.3. The molecule has 1 aromatic heterocycles. The molecule has 0 aliphatic carbocycles. The highest BCUT2D eigenvalue weighted by atomic mass is 16.5. The fourth-order valence-corrected chi connectivity index (χ4v) is 4.46. The molecule has 168 valence electrons. The molecule has 2 aromatic carbocycles. The maximum Gasteiger partial charge on any atom is 0.330 e. The maximum absolute atomic E-state index is 13.1. The summed E-state index contributed by atoms with van der Waals surface area (Å²) in [5, 5.41) is 10.1. The number of carbonyl (C=O) groups is 2. The van der Waals surface area contributed by atoms with Crippen LogP contribution in [0.15, 0.2) is 60.8 Å². The molecule has 1 amide bonds. The molecule has 0 bridgehead atoms. The standard InChI is InChI=1S/C27H27N3O3/c1-33-27(32)10-8-23-18-30(25-9-7-22(17-28)16-24(23)25)19-26(31)29-13-11-21(12-14-29)15-20-5-3-2-4-6-20/h2-10,16,18,21H,11-15,19H2,1H3/b10-8+.